The van der Waals surface area contributed by atoms with Gasteiger partial charge in [0.1, 0.15) is 19.0 Å². The predicted molar refractivity (Wildman–Crippen MR) is 63.0 cm³/mol. The van der Waals surface area contributed by atoms with Gasteiger partial charge in [-0.1, -0.05) is 42.5 Å². The number of hydrogen-bond acceptors (Lipinski definition) is 3. The average Bonchev–Trinajstić information content (AvgIpc) is 2.35. The van der Waals surface area contributed by atoms with Crippen LogP contribution in [0.3, 0.4) is 0 Å². The SMILES string of the molecule is C/C=C/[C@H](OCOC)[C@@H](O)c1ccccc1. The lowest BCUT2D eigenvalue weighted by Gasteiger charge is -2.20. The van der Waals surface area contributed by atoms with Crippen LogP contribution in [0.25, 0.3) is 0 Å². The first-order valence-electron chi connectivity index (χ1n) is 5.26. The lowest BCUT2D eigenvalue weighted by Crippen LogP contribution is -2.21. The van der Waals surface area contributed by atoms with Crippen LogP contribution in [0.15, 0.2) is 42.5 Å². The highest BCUT2D eigenvalue weighted by Gasteiger charge is 2.18. The molecule has 0 saturated heterocycles. The Hall–Kier alpha value is -1.16. The number of ether oxygens (including phenoxy) is 2. The molecule has 0 unspecified atom stereocenters. The molecule has 16 heavy (non-hydrogen) atoms. The van der Waals surface area contributed by atoms with Gasteiger partial charge in [0.15, 0.2) is 0 Å². The fourth-order valence-electron chi connectivity index (χ4n) is 1.43. The molecule has 88 valence electrons. The molecule has 0 spiro atoms. The van der Waals surface area contributed by atoms with E-state index in [1.165, 1.54) is 0 Å². The van der Waals surface area contributed by atoms with Crippen molar-refractivity contribution in [3.05, 3.63) is 48.0 Å². The Morgan fingerprint density at radius 1 is 1.31 bits per heavy atom. The van der Waals surface area contributed by atoms with Crippen LogP contribution in [0.1, 0.15) is 18.6 Å². The Morgan fingerprint density at radius 3 is 2.56 bits per heavy atom. The van der Waals surface area contributed by atoms with Crippen molar-refractivity contribution < 1.29 is 14.6 Å². The number of methoxy groups -OCH3 is 1. The smallest absolute Gasteiger partial charge is 0.147 e. The monoisotopic (exact) mass is 222 g/mol. The standard InChI is InChI=1S/C13H18O3/c1-3-7-12(16-10-15-2)13(14)11-8-5-4-6-9-11/h3-9,12-14H,10H2,1-2H3/b7-3+/t12-,13-/m0/s1. The molecule has 0 aliphatic heterocycles. The Bertz CT molecular complexity index is 308. The van der Waals surface area contributed by atoms with Crippen LogP contribution in [0.4, 0.5) is 0 Å². The maximum absolute atomic E-state index is 10.1. The Balaban J connectivity index is 2.70. The third-order valence-electron chi connectivity index (χ3n) is 2.21. The summed E-state index contributed by atoms with van der Waals surface area (Å²) in [7, 11) is 1.56. The second kappa shape index (κ2) is 7.17. The molecule has 3 heteroatoms. The van der Waals surface area contributed by atoms with Gasteiger partial charge in [-0.25, -0.2) is 0 Å². The van der Waals surface area contributed by atoms with Crippen molar-refractivity contribution in [2.75, 3.05) is 13.9 Å². The van der Waals surface area contributed by atoms with Crippen molar-refractivity contribution in [1.82, 2.24) is 0 Å². The van der Waals surface area contributed by atoms with Gasteiger partial charge in [0.2, 0.25) is 0 Å². The van der Waals surface area contributed by atoms with E-state index in [4.69, 9.17) is 9.47 Å². The summed E-state index contributed by atoms with van der Waals surface area (Å²) in [5.74, 6) is 0. The first-order valence-corrected chi connectivity index (χ1v) is 5.26. The Morgan fingerprint density at radius 2 is 2.00 bits per heavy atom. The number of rotatable bonds is 6. The highest BCUT2D eigenvalue weighted by atomic mass is 16.7. The lowest BCUT2D eigenvalue weighted by atomic mass is 10.0. The molecule has 0 saturated carbocycles. The number of aliphatic hydroxyl groups excluding tert-OH is 1. The van der Waals surface area contributed by atoms with E-state index in [1.54, 1.807) is 7.11 Å². The van der Waals surface area contributed by atoms with Crippen LogP contribution in [-0.2, 0) is 9.47 Å². The van der Waals surface area contributed by atoms with Crippen LogP contribution in [0, 0.1) is 0 Å². The molecule has 0 aliphatic carbocycles. The molecule has 1 N–H and O–H groups in total. The van der Waals surface area contributed by atoms with Crippen LogP contribution < -0.4 is 0 Å². The highest BCUT2D eigenvalue weighted by molar-refractivity contribution is 5.19. The maximum Gasteiger partial charge on any atom is 0.147 e. The Kier molecular flexibility index (Phi) is 5.78. The van der Waals surface area contributed by atoms with Crippen molar-refractivity contribution in [2.45, 2.75) is 19.1 Å². The third kappa shape index (κ3) is 3.77. The molecule has 0 aromatic heterocycles. The molecule has 0 heterocycles. The summed E-state index contributed by atoms with van der Waals surface area (Å²) in [4.78, 5) is 0. The van der Waals surface area contributed by atoms with Crippen LogP contribution in [-0.4, -0.2) is 25.1 Å². The largest absolute Gasteiger partial charge is 0.385 e. The molecule has 1 aromatic rings. The minimum atomic E-state index is -0.674. The quantitative estimate of drug-likeness (QED) is 0.593. The molecule has 0 bridgehead atoms. The van der Waals surface area contributed by atoms with Crippen molar-refractivity contribution in [1.29, 1.82) is 0 Å². The molecule has 0 radical (unpaired) electrons. The van der Waals surface area contributed by atoms with Crippen molar-refractivity contribution in [2.24, 2.45) is 0 Å². The van der Waals surface area contributed by atoms with Gasteiger partial charge in [-0.2, -0.15) is 0 Å². The average molecular weight is 222 g/mol. The molecule has 0 fully saturated rings. The van der Waals surface area contributed by atoms with Gasteiger partial charge >= 0.3 is 0 Å². The minimum absolute atomic E-state index is 0.166. The summed E-state index contributed by atoms with van der Waals surface area (Å²) in [5.41, 5.74) is 0.835. The molecule has 3 nitrogen and oxygen atoms in total. The zero-order valence-electron chi connectivity index (χ0n) is 9.67. The second-order valence-electron chi connectivity index (χ2n) is 3.42. The Labute approximate surface area is 96.3 Å². The molecule has 2 atom stereocenters. The summed E-state index contributed by atoms with van der Waals surface area (Å²) in [6, 6.07) is 9.44. The lowest BCUT2D eigenvalue weighted by molar-refractivity contribution is -0.0942. The number of aliphatic hydroxyl groups is 1. The number of hydrogen-bond donors (Lipinski definition) is 1. The fourth-order valence-corrected chi connectivity index (χ4v) is 1.43. The van der Waals surface area contributed by atoms with Crippen LogP contribution >= 0.6 is 0 Å². The van der Waals surface area contributed by atoms with Crippen molar-refractivity contribution in [3.8, 4) is 0 Å². The van der Waals surface area contributed by atoms with Crippen molar-refractivity contribution in [3.63, 3.8) is 0 Å². The topological polar surface area (TPSA) is 38.7 Å². The zero-order valence-corrected chi connectivity index (χ0v) is 9.67. The van der Waals surface area contributed by atoms with E-state index < -0.39 is 6.10 Å². The molecule has 0 aliphatic rings. The number of benzene rings is 1. The van der Waals surface area contributed by atoms with E-state index in [0.29, 0.717) is 0 Å². The summed E-state index contributed by atoms with van der Waals surface area (Å²) in [6.45, 7) is 2.06. The molecule has 1 aromatic carbocycles. The van der Waals surface area contributed by atoms with Gasteiger partial charge in [-0.3, -0.25) is 0 Å². The van der Waals surface area contributed by atoms with Gasteiger partial charge in [0.25, 0.3) is 0 Å². The first-order chi connectivity index (χ1) is 7.79. The summed E-state index contributed by atoms with van der Waals surface area (Å²) in [6.07, 6.45) is 2.61. The van der Waals surface area contributed by atoms with Crippen molar-refractivity contribution >= 4 is 0 Å². The van der Waals surface area contributed by atoms with E-state index in [9.17, 15) is 5.11 Å². The van der Waals surface area contributed by atoms with Crippen LogP contribution in [0.2, 0.25) is 0 Å². The minimum Gasteiger partial charge on any atom is -0.385 e. The van der Waals surface area contributed by atoms with E-state index in [1.807, 2.05) is 49.4 Å². The van der Waals surface area contributed by atoms with Gasteiger partial charge in [0.05, 0.1) is 0 Å². The fraction of sp³-hybridized carbons (Fsp3) is 0.385. The highest BCUT2D eigenvalue weighted by Crippen LogP contribution is 2.19. The van der Waals surface area contributed by atoms with E-state index in [2.05, 4.69) is 0 Å². The predicted octanol–water partition coefficient (Wildman–Crippen LogP) is 2.29. The zero-order chi connectivity index (χ0) is 11.8. The summed E-state index contributed by atoms with van der Waals surface area (Å²) in [5, 5.41) is 10.1. The summed E-state index contributed by atoms with van der Waals surface area (Å²) >= 11 is 0. The van der Waals surface area contributed by atoms with E-state index in [-0.39, 0.29) is 12.9 Å². The molecule has 0 amide bonds. The third-order valence-corrected chi connectivity index (χ3v) is 2.21. The maximum atomic E-state index is 10.1. The van der Waals surface area contributed by atoms with Gasteiger partial charge in [-0.15, -0.1) is 0 Å². The normalized spacial score (nSPS) is 15.2. The van der Waals surface area contributed by atoms with Gasteiger partial charge in [-0.05, 0) is 12.5 Å². The molecule has 1 rings (SSSR count). The first kappa shape index (κ1) is 12.9. The van der Waals surface area contributed by atoms with Gasteiger partial charge < -0.3 is 14.6 Å². The number of allylic oxidation sites excluding steroid dienone is 1. The van der Waals surface area contributed by atoms with Gasteiger partial charge in [0, 0.05) is 7.11 Å². The van der Waals surface area contributed by atoms with Crippen LogP contribution in [0.5, 0.6) is 0 Å². The van der Waals surface area contributed by atoms with E-state index in [0.717, 1.165) is 5.56 Å². The molecular formula is C13H18O3. The summed E-state index contributed by atoms with van der Waals surface area (Å²) < 4.78 is 10.2. The molecular weight excluding hydrogens is 204 g/mol. The van der Waals surface area contributed by atoms with E-state index >= 15 is 0 Å². The second-order valence-corrected chi connectivity index (χ2v) is 3.42.